The van der Waals surface area contributed by atoms with E-state index in [1.54, 1.807) is 6.33 Å². The summed E-state index contributed by atoms with van der Waals surface area (Å²) in [6, 6.07) is 0.888. The third-order valence-corrected chi connectivity index (χ3v) is 6.16. The number of hydrogen-bond donors (Lipinski definition) is 4. The minimum Gasteiger partial charge on any atom is -0.380 e. The number of nitrogens with one attached hydrogen (secondary N) is 4. The smallest absolute Gasteiger partial charge is 0.0921 e. The van der Waals surface area contributed by atoms with Crippen molar-refractivity contribution in [2.45, 2.75) is 56.3 Å². The lowest BCUT2D eigenvalue weighted by Gasteiger charge is -2.45. The summed E-state index contributed by atoms with van der Waals surface area (Å²) in [6.07, 6.45) is 20.4. The van der Waals surface area contributed by atoms with Gasteiger partial charge in [0.25, 0.3) is 0 Å². The molecule has 1 fully saturated rings. The predicted octanol–water partition coefficient (Wildman–Crippen LogP) is 2.87. The van der Waals surface area contributed by atoms with Crippen LogP contribution in [-0.2, 0) is 6.42 Å². The Morgan fingerprint density at radius 1 is 1.27 bits per heavy atom. The Labute approximate surface area is 159 Å². The first kappa shape index (κ1) is 17.4. The third kappa shape index (κ3) is 3.46. The van der Waals surface area contributed by atoms with E-state index in [-0.39, 0.29) is 17.6 Å². The largest absolute Gasteiger partial charge is 0.380 e. The van der Waals surface area contributed by atoms with Crippen molar-refractivity contribution in [2.24, 2.45) is 0 Å². The summed E-state index contributed by atoms with van der Waals surface area (Å²) >= 11 is 6.55. The molecule has 0 radical (unpaired) electrons. The molecule has 4 rings (SSSR count). The van der Waals surface area contributed by atoms with E-state index in [4.69, 9.17) is 11.6 Å². The summed E-state index contributed by atoms with van der Waals surface area (Å²) in [5.41, 5.74) is 2.15. The number of allylic oxidation sites excluding steroid dienone is 4. The molecule has 0 spiro atoms. The molecule has 0 aromatic carbocycles. The second-order valence-corrected chi connectivity index (χ2v) is 7.87. The molecule has 2 unspecified atom stereocenters. The van der Waals surface area contributed by atoms with Crippen LogP contribution < -0.4 is 16.0 Å². The lowest BCUT2D eigenvalue weighted by atomic mass is 9.82. The molecule has 0 aliphatic carbocycles. The maximum Gasteiger partial charge on any atom is 0.0921 e. The van der Waals surface area contributed by atoms with Crippen molar-refractivity contribution in [3.8, 4) is 0 Å². The normalized spacial score (nSPS) is 33.8. The van der Waals surface area contributed by atoms with Crippen LogP contribution in [0.2, 0.25) is 0 Å². The van der Waals surface area contributed by atoms with Crippen LogP contribution in [0.25, 0.3) is 0 Å². The van der Waals surface area contributed by atoms with Crippen LogP contribution in [0.3, 0.4) is 0 Å². The molecule has 6 heteroatoms. The Hall–Kier alpha value is -1.98. The Kier molecular flexibility index (Phi) is 4.92. The van der Waals surface area contributed by atoms with Crippen molar-refractivity contribution in [1.82, 2.24) is 25.9 Å². The van der Waals surface area contributed by atoms with Gasteiger partial charge in [-0.25, -0.2) is 4.98 Å². The van der Waals surface area contributed by atoms with Crippen LogP contribution in [0.15, 0.2) is 59.8 Å². The topological polar surface area (TPSA) is 64.8 Å². The second-order valence-electron chi connectivity index (χ2n) is 7.46. The first-order chi connectivity index (χ1) is 12.6. The monoisotopic (exact) mass is 371 g/mol. The molecule has 5 nitrogen and oxygen atoms in total. The molecule has 0 bridgehead atoms. The summed E-state index contributed by atoms with van der Waals surface area (Å²) in [5.74, 6) is 0. The maximum absolute atomic E-state index is 6.55. The molecule has 138 valence electrons. The first-order valence-corrected chi connectivity index (χ1v) is 9.72. The molecule has 0 saturated carbocycles. The van der Waals surface area contributed by atoms with Gasteiger partial charge in [-0.15, -0.1) is 0 Å². The van der Waals surface area contributed by atoms with E-state index < -0.39 is 0 Å². The van der Waals surface area contributed by atoms with Gasteiger partial charge in [0.15, 0.2) is 0 Å². The molecule has 3 aliphatic rings. The van der Waals surface area contributed by atoms with E-state index in [0.717, 1.165) is 30.0 Å². The molecular weight excluding hydrogens is 346 g/mol. The molecular formula is C20H26ClN5. The highest BCUT2D eigenvalue weighted by molar-refractivity contribution is 6.31. The molecule has 1 aromatic heterocycles. The van der Waals surface area contributed by atoms with Crippen molar-refractivity contribution in [3.63, 3.8) is 0 Å². The van der Waals surface area contributed by atoms with E-state index in [0.29, 0.717) is 6.04 Å². The average Bonchev–Trinajstić information content (AvgIpc) is 3.18. The highest BCUT2D eigenvalue weighted by Gasteiger charge is 2.40. The van der Waals surface area contributed by atoms with Crippen molar-refractivity contribution < 1.29 is 0 Å². The van der Waals surface area contributed by atoms with Crippen LogP contribution in [0.4, 0.5) is 0 Å². The van der Waals surface area contributed by atoms with Crippen LogP contribution in [-0.4, -0.2) is 33.6 Å². The van der Waals surface area contributed by atoms with Gasteiger partial charge in [0.2, 0.25) is 0 Å². The lowest BCUT2D eigenvalue weighted by molar-refractivity contribution is 0.244. The number of imidazole rings is 1. The predicted molar refractivity (Wildman–Crippen MR) is 106 cm³/mol. The number of dihydropyridines is 2. The molecule has 3 aliphatic heterocycles. The van der Waals surface area contributed by atoms with E-state index in [1.165, 1.54) is 12.1 Å². The number of hydrogen-bond acceptors (Lipinski definition) is 4. The van der Waals surface area contributed by atoms with Gasteiger partial charge in [-0.3, -0.25) is 0 Å². The zero-order valence-electron chi connectivity index (χ0n) is 15.0. The fraction of sp³-hybridized carbons (Fsp3) is 0.450. The lowest BCUT2D eigenvalue weighted by Crippen LogP contribution is -2.62. The van der Waals surface area contributed by atoms with Gasteiger partial charge < -0.3 is 20.9 Å². The van der Waals surface area contributed by atoms with Crippen LogP contribution in [0, 0.1) is 0 Å². The molecule has 1 aromatic rings. The van der Waals surface area contributed by atoms with Gasteiger partial charge in [0, 0.05) is 47.2 Å². The van der Waals surface area contributed by atoms with Crippen LogP contribution in [0.5, 0.6) is 0 Å². The van der Waals surface area contributed by atoms with E-state index in [2.05, 4.69) is 51.1 Å². The Morgan fingerprint density at radius 2 is 2.19 bits per heavy atom. The summed E-state index contributed by atoms with van der Waals surface area (Å²) in [7, 11) is 0. The Bertz CT molecular complexity index is 748. The Morgan fingerprint density at radius 3 is 3.00 bits per heavy atom. The van der Waals surface area contributed by atoms with Crippen molar-refractivity contribution in [2.75, 3.05) is 0 Å². The van der Waals surface area contributed by atoms with Crippen molar-refractivity contribution in [3.05, 3.63) is 65.5 Å². The second kappa shape index (κ2) is 7.33. The zero-order chi connectivity index (χ0) is 18.0. The van der Waals surface area contributed by atoms with Crippen LogP contribution in [0.1, 0.15) is 31.9 Å². The van der Waals surface area contributed by atoms with E-state index in [9.17, 15) is 0 Å². The number of halogens is 1. The summed E-state index contributed by atoms with van der Waals surface area (Å²) in [5, 5.41) is 11.9. The minimum absolute atomic E-state index is 0.255. The molecule has 1 saturated heterocycles. The molecule has 4 heterocycles. The maximum atomic E-state index is 6.55. The molecule has 4 atom stereocenters. The summed E-state index contributed by atoms with van der Waals surface area (Å²) < 4.78 is 0. The number of H-pyrrole nitrogens is 1. The van der Waals surface area contributed by atoms with Crippen LogP contribution >= 0.6 is 11.6 Å². The summed E-state index contributed by atoms with van der Waals surface area (Å²) in [4.78, 5) is 7.29. The number of nitrogens with zero attached hydrogens (tertiary/aromatic N) is 1. The fourth-order valence-electron chi connectivity index (χ4n) is 4.07. The van der Waals surface area contributed by atoms with Crippen molar-refractivity contribution >= 4 is 11.6 Å². The molecule has 4 N–H and O–H groups in total. The highest BCUT2D eigenvalue weighted by atomic mass is 35.5. The van der Waals surface area contributed by atoms with Gasteiger partial charge in [-0.2, -0.15) is 0 Å². The SMILES string of the molecule is CC1([C@@H]2CCC[C@H](C3=CC=CC(Cc4cnc[nH]4)N3)N2)NC=CC=C1Cl. The molecule has 26 heavy (non-hydrogen) atoms. The highest BCUT2D eigenvalue weighted by Crippen LogP contribution is 2.33. The third-order valence-electron chi connectivity index (χ3n) is 5.64. The minimum atomic E-state index is -0.255. The Balaban J connectivity index is 1.43. The number of aromatic amines is 1. The van der Waals surface area contributed by atoms with Crippen molar-refractivity contribution in [1.29, 1.82) is 0 Å². The quantitative estimate of drug-likeness (QED) is 0.657. The van der Waals surface area contributed by atoms with Gasteiger partial charge >= 0.3 is 0 Å². The standard InChI is InChI=1S/C20H26ClN5/c1-20(18(21)8-4-10-24-20)19-9-3-7-17(26-19)16-6-2-5-14(25-16)11-15-12-22-13-23-15/h2,4-6,8,10,12-14,17,19,24-26H,3,7,9,11H2,1H3,(H,22,23)/t14?,17-,19+,20?/m1/s1. The fourth-order valence-corrected chi connectivity index (χ4v) is 4.33. The van der Waals surface area contributed by atoms with E-state index in [1.807, 2.05) is 24.5 Å². The number of piperidine rings is 1. The number of aromatic nitrogens is 2. The van der Waals surface area contributed by atoms with Gasteiger partial charge in [-0.1, -0.05) is 23.8 Å². The van der Waals surface area contributed by atoms with Gasteiger partial charge in [0.1, 0.15) is 0 Å². The molecule has 0 amide bonds. The summed E-state index contributed by atoms with van der Waals surface area (Å²) in [6.45, 7) is 2.18. The number of rotatable bonds is 4. The van der Waals surface area contributed by atoms with Gasteiger partial charge in [-0.05, 0) is 50.6 Å². The first-order valence-electron chi connectivity index (χ1n) is 9.34. The average molecular weight is 372 g/mol. The zero-order valence-corrected chi connectivity index (χ0v) is 15.8. The van der Waals surface area contributed by atoms with Gasteiger partial charge in [0.05, 0.1) is 11.9 Å². The van der Waals surface area contributed by atoms with E-state index >= 15 is 0 Å².